The molecule has 2 aromatic carbocycles. The van der Waals surface area contributed by atoms with Gasteiger partial charge in [0.05, 0.1) is 11.2 Å². The van der Waals surface area contributed by atoms with Crippen molar-refractivity contribution in [3.8, 4) is 0 Å². The zero-order valence-corrected chi connectivity index (χ0v) is 16.1. The molecule has 0 atom stereocenters. The number of halogens is 1. The van der Waals surface area contributed by atoms with Crippen LogP contribution in [0.25, 0.3) is 0 Å². The summed E-state index contributed by atoms with van der Waals surface area (Å²) < 4.78 is 33.4. The van der Waals surface area contributed by atoms with Crippen molar-refractivity contribution in [2.75, 3.05) is 10.0 Å². The highest BCUT2D eigenvalue weighted by Crippen LogP contribution is 2.24. The summed E-state index contributed by atoms with van der Waals surface area (Å²) in [5, 5.41) is 2.67. The van der Waals surface area contributed by atoms with Crippen molar-refractivity contribution in [3.05, 3.63) is 76.7 Å². The van der Waals surface area contributed by atoms with Gasteiger partial charge >= 0.3 is 0 Å². The van der Waals surface area contributed by atoms with Crippen LogP contribution in [0.5, 0.6) is 0 Å². The Kier molecular flexibility index (Phi) is 5.15. The third kappa shape index (κ3) is 4.14. The van der Waals surface area contributed by atoms with Crippen LogP contribution in [0.3, 0.4) is 0 Å². The van der Waals surface area contributed by atoms with Gasteiger partial charge < -0.3 is 9.73 Å². The Hall–Kier alpha value is -2.58. The first-order valence-electron chi connectivity index (χ1n) is 7.59. The molecule has 134 valence electrons. The van der Waals surface area contributed by atoms with E-state index in [0.717, 1.165) is 0 Å². The standard InChI is InChI=1S/C18H15BrN2O4S/c1-12-4-5-13(19)11-17(12)26(23,24)21-15-8-6-14(7-9-15)20-18(22)16-3-2-10-25-16/h2-11,21H,1H3,(H,20,22). The van der Waals surface area contributed by atoms with Gasteiger partial charge in [0, 0.05) is 15.8 Å². The van der Waals surface area contributed by atoms with Gasteiger partial charge in [0.1, 0.15) is 0 Å². The zero-order chi connectivity index (χ0) is 18.7. The fourth-order valence-electron chi connectivity index (χ4n) is 2.30. The van der Waals surface area contributed by atoms with E-state index in [1.165, 1.54) is 6.26 Å². The van der Waals surface area contributed by atoms with Crippen molar-refractivity contribution in [1.82, 2.24) is 0 Å². The van der Waals surface area contributed by atoms with Crippen LogP contribution >= 0.6 is 15.9 Å². The minimum Gasteiger partial charge on any atom is -0.459 e. The number of hydrogen-bond acceptors (Lipinski definition) is 4. The van der Waals surface area contributed by atoms with E-state index < -0.39 is 10.0 Å². The fourth-order valence-corrected chi connectivity index (χ4v) is 4.14. The van der Waals surface area contributed by atoms with Gasteiger partial charge in [-0.3, -0.25) is 9.52 Å². The highest BCUT2D eigenvalue weighted by atomic mass is 79.9. The fraction of sp³-hybridized carbons (Fsp3) is 0.0556. The summed E-state index contributed by atoms with van der Waals surface area (Å²) in [6, 6.07) is 14.6. The number of amides is 1. The number of sulfonamides is 1. The Labute approximate surface area is 159 Å². The van der Waals surface area contributed by atoms with Gasteiger partial charge in [-0.1, -0.05) is 22.0 Å². The lowest BCUT2D eigenvalue weighted by molar-refractivity contribution is 0.0996. The average molecular weight is 435 g/mol. The molecule has 0 aliphatic carbocycles. The van der Waals surface area contributed by atoms with Crippen molar-refractivity contribution < 1.29 is 17.6 Å². The Morgan fingerprint density at radius 3 is 2.38 bits per heavy atom. The number of hydrogen-bond donors (Lipinski definition) is 2. The summed E-state index contributed by atoms with van der Waals surface area (Å²) in [4.78, 5) is 12.1. The molecule has 0 bridgehead atoms. The second-order valence-electron chi connectivity index (χ2n) is 5.52. The summed E-state index contributed by atoms with van der Waals surface area (Å²) in [5.74, 6) is -0.187. The molecule has 0 saturated heterocycles. The van der Waals surface area contributed by atoms with Gasteiger partial charge in [0.25, 0.3) is 15.9 Å². The molecule has 3 rings (SSSR count). The lowest BCUT2D eigenvalue weighted by Gasteiger charge is -2.11. The maximum atomic E-state index is 12.6. The number of benzene rings is 2. The van der Waals surface area contributed by atoms with Crippen LogP contribution in [0.4, 0.5) is 11.4 Å². The van der Waals surface area contributed by atoms with Gasteiger partial charge in [-0.05, 0) is 61.0 Å². The highest BCUT2D eigenvalue weighted by molar-refractivity contribution is 9.10. The van der Waals surface area contributed by atoms with Gasteiger partial charge in [-0.15, -0.1) is 0 Å². The van der Waals surface area contributed by atoms with E-state index in [1.54, 1.807) is 61.5 Å². The number of nitrogens with one attached hydrogen (secondary N) is 2. The summed E-state index contributed by atoms with van der Waals surface area (Å²) in [5.41, 5.74) is 1.55. The Bertz CT molecular complexity index is 1030. The van der Waals surface area contributed by atoms with Gasteiger partial charge in [0.2, 0.25) is 0 Å². The molecule has 1 heterocycles. The van der Waals surface area contributed by atoms with Crippen molar-refractivity contribution in [2.45, 2.75) is 11.8 Å². The van der Waals surface area contributed by atoms with Crippen LogP contribution < -0.4 is 10.0 Å². The maximum absolute atomic E-state index is 12.6. The Morgan fingerprint density at radius 1 is 1.04 bits per heavy atom. The second kappa shape index (κ2) is 7.35. The summed E-state index contributed by atoms with van der Waals surface area (Å²) in [6.45, 7) is 1.73. The van der Waals surface area contributed by atoms with Gasteiger partial charge in [-0.2, -0.15) is 0 Å². The largest absolute Gasteiger partial charge is 0.459 e. The monoisotopic (exact) mass is 434 g/mol. The molecule has 8 heteroatoms. The van der Waals surface area contributed by atoms with E-state index in [1.807, 2.05) is 0 Å². The molecule has 6 nitrogen and oxygen atoms in total. The van der Waals surface area contributed by atoms with Gasteiger partial charge in [0.15, 0.2) is 5.76 Å². The van der Waals surface area contributed by atoms with Crippen molar-refractivity contribution in [1.29, 1.82) is 0 Å². The summed E-state index contributed by atoms with van der Waals surface area (Å²) in [6.07, 6.45) is 1.41. The molecule has 0 radical (unpaired) electrons. The van der Waals surface area contributed by atoms with Crippen LogP contribution in [0, 0.1) is 6.92 Å². The van der Waals surface area contributed by atoms with Crippen LogP contribution in [0.15, 0.2) is 74.6 Å². The Morgan fingerprint density at radius 2 is 1.73 bits per heavy atom. The van der Waals surface area contributed by atoms with Crippen molar-refractivity contribution in [2.24, 2.45) is 0 Å². The molecular weight excluding hydrogens is 420 g/mol. The minimum absolute atomic E-state index is 0.194. The Balaban J connectivity index is 1.74. The molecule has 0 saturated carbocycles. The first-order valence-corrected chi connectivity index (χ1v) is 9.87. The molecule has 2 N–H and O–H groups in total. The van der Waals surface area contributed by atoms with E-state index >= 15 is 0 Å². The van der Waals surface area contributed by atoms with Gasteiger partial charge in [-0.25, -0.2) is 8.42 Å². The molecule has 26 heavy (non-hydrogen) atoms. The van der Waals surface area contributed by atoms with Crippen LogP contribution in [-0.4, -0.2) is 14.3 Å². The zero-order valence-electron chi connectivity index (χ0n) is 13.7. The van der Waals surface area contributed by atoms with Crippen molar-refractivity contribution in [3.63, 3.8) is 0 Å². The maximum Gasteiger partial charge on any atom is 0.291 e. The lowest BCUT2D eigenvalue weighted by Crippen LogP contribution is -2.14. The molecule has 0 aliphatic rings. The SMILES string of the molecule is Cc1ccc(Br)cc1S(=O)(=O)Nc1ccc(NC(=O)c2ccco2)cc1. The normalized spacial score (nSPS) is 11.2. The molecular formula is C18H15BrN2O4S. The lowest BCUT2D eigenvalue weighted by atomic mass is 10.2. The average Bonchev–Trinajstić information content (AvgIpc) is 3.13. The first kappa shape index (κ1) is 18.2. The predicted molar refractivity (Wildman–Crippen MR) is 103 cm³/mol. The third-order valence-corrected chi connectivity index (χ3v) is 5.60. The van der Waals surface area contributed by atoms with E-state index in [0.29, 0.717) is 21.4 Å². The quantitative estimate of drug-likeness (QED) is 0.622. The van der Waals surface area contributed by atoms with Crippen LogP contribution in [0.2, 0.25) is 0 Å². The number of rotatable bonds is 5. The molecule has 0 fully saturated rings. The highest BCUT2D eigenvalue weighted by Gasteiger charge is 2.17. The molecule has 0 unspecified atom stereocenters. The number of carbonyl (C=O) groups is 1. The van der Waals surface area contributed by atoms with Crippen LogP contribution in [0.1, 0.15) is 16.1 Å². The third-order valence-electron chi connectivity index (χ3n) is 3.58. The number of aryl methyl sites for hydroxylation is 1. The minimum atomic E-state index is -3.72. The molecule has 0 aliphatic heterocycles. The topological polar surface area (TPSA) is 88.4 Å². The van der Waals surface area contributed by atoms with Crippen molar-refractivity contribution >= 4 is 43.2 Å². The summed E-state index contributed by atoms with van der Waals surface area (Å²) >= 11 is 3.28. The van der Waals surface area contributed by atoms with E-state index in [-0.39, 0.29) is 16.6 Å². The number of carbonyl (C=O) groups excluding carboxylic acids is 1. The van der Waals surface area contributed by atoms with Crippen LogP contribution in [-0.2, 0) is 10.0 Å². The number of anilines is 2. The predicted octanol–water partition coefficient (Wildman–Crippen LogP) is 4.40. The summed E-state index contributed by atoms with van der Waals surface area (Å²) in [7, 11) is -3.72. The van der Waals surface area contributed by atoms with E-state index in [9.17, 15) is 13.2 Å². The smallest absolute Gasteiger partial charge is 0.291 e. The molecule has 1 amide bonds. The van der Waals surface area contributed by atoms with E-state index in [4.69, 9.17) is 4.42 Å². The van der Waals surface area contributed by atoms with E-state index in [2.05, 4.69) is 26.0 Å². The second-order valence-corrected chi connectivity index (χ2v) is 8.09. The molecule has 1 aromatic heterocycles. The molecule has 0 spiro atoms. The molecule has 3 aromatic rings. The first-order chi connectivity index (χ1) is 12.3. The number of furan rings is 1.